The fraction of sp³-hybridized carbons (Fsp3) is 0.600. The van der Waals surface area contributed by atoms with Crippen LogP contribution < -0.4 is 0 Å². The molecule has 2 aliphatic rings. The molecule has 4 heterocycles. The minimum Gasteiger partial charge on any atom is -0.465 e. The quantitative estimate of drug-likeness (QED) is 0.856. The van der Waals surface area contributed by atoms with Crippen molar-refractivity contribution in [2.75, 3.05) is 26.3 Å². The second kappa shape index (κ2) is 4.68. The first kappa shape index (κ1) is 13.0. The summed E-state index contributed by atoms with van der Waals surface area (Å²) < 4.78 is 16.9. The SMILES string of the molecule is Cc1noc([C@]23COC[C@H]2CN(Cc2ccc(C)o2)C3)n1. The van der Waals surface area contributed by atoms with Crippen LogP contribution in [0.1, 0.15) is 23.2 Å². The van der Waals surface area contributed by atoms with Gasteiger partial charge in [0.2, 0.25) is 5.89 Å². The zero-order valence-corrected chi connectivity index (χ0v) is 12.3. The monoisotopic (exact) mass is 289 g/mol. The molecule has 2 aliphatic heterocycles. The Morgan fingerprint density at radius 1 is 1.38 bits per heavy atom. The first-order chi connectivity index (χ1) is 10.2. The molecular formula is C15H19N3O3. The predicted molar refractivity (Wildman–Crippen MR) is 73.7 cm³/mol. The number of fused-ring (bicyclic) bond motifs is 1. The minimum absolute atomic E-state index is 0.150. The first-order valence-corrected chi connectivity index (χ1v) is 7.32. The van der Waals surface area contributed by atoms with E-state index in [0.717, 1.165) is 43.7 Å². The Labute approximate surface area is 123 Å². The van der Waals surface area contributed by atoms with Crippen molar-refractivity contribution in [3.8, 4) is 0 Å². The predicted octanol–water partition coefficient (Wildman–Crippen LogP) is 1.68. The standard InChI is InChI=1S/C15H19N3O3/c1-10-3-4-13(20-10)6-18-5-12-7-19-9-15(12,8-18)14-16-11(2)17-21-14/h3-4,12H,5-9H2,1-2H3/t12-,15-/m1/s1. The van der Waals surface area contributed by atoms with Crippen molar-refractivity contribution < 1.29 is 13.7 Å². The van der Waals surface area contributed by atoms with Gasteiger partial charge in [-0.2, -0.15) is 4.98 Å². The largest absolute Gasteiger partial charge is 0.465 e. The summed E-state index contributed by atoms with van der Waals surface area (Å²) in [5.41, 5.74) is -0.150. The highest BCUT2D eigenvalue weighted by molar-refractivity contribution is 5.17. The van der Waals surface area contributed by atoms with E-state index < -0.39 is 0 Å². The summed E-state index contributed by atoms with van der Waals surface area (Å²) in [5.74, 6) is 3.78. The number of aromatic nitrogens is 2. The van der Waals surface area contributed by atoms with Crippen molar-refractivity contribution >= 4 is 0 Å². The van der Waals surface area contributed by atoms with Crippen LogP contribution in [0, 0.1) is 19.8 Å². The molecule has 2 aromatic heterocycles. The third kappa shape index (κ3) is 2.10. The van der Waals surface area contributed by atoms with Gasteiger partial charge in [0, 0.05) is 19.0 Å². The highest BCUT2D eigenvalue weighted by Crippen LogP contribution is 2.43. The van der Waals surface area contributed by atoms with Crippen molar-refractivity contribution in [1.29, 1.82) is 0 Å². The molecular weight excluding hydrogens is 270 g/mol. The lowest BCUT2D eigenvalue weighted by atomic mass is 9.81. The van der Waals surface area contributed by atoms with Gasteiger partial charge in [-0.25, -0.2) is 0 Å². The van der Waals surface area contributed by atoms with Crippen LogP contribution in [-0.4, -0.2) is 41.3 Å². The molecule has 2 aromatic rings. The molecule has 0 N–H and O–H groups in total. The van der Waals surface area contributed by atoms with E-state index in [1.807, 2.05) is 26.0 Å². The van der Waals surface area contributed by atoms with Crippen molar-refractivity contribution in [2.45, 2.75) is 25.8 Å². The van der Waals surface area contributed by atoms with Gasteiger partial charge in [-0.3, -0.25) is 4.90 Å². The number of furan rings is 1. The third-order valence-electron chi connectivity index (χ3n) is 4.57. The fourth-order valence-electron chi connectivity index (χ4n) is 3.55. The Balaban J connectivity index is 1.57. The first-order valence-electron chi connectivity index (χ1n) is 7.32. The summed E-state index contributed by atoms with van der Waals surface area (Å²) in [4.78, 5) is 6.86. The van der Waals surface area contributed by atoms with Crippen LogP contribution in [-0.2, 0) is 16.7 Å². The van der Waals surface area contributed by atoms with E-state index in [9.17, 15) is 0 Å². The summed E-state index contributed by atoms with van der Waals surface area (Å²) in [7, 11) is 0. The van der Waals surface area contributed by atoms with Gasteiger partial charge >= 0.3 is 0 Å². The Morgan fingerprint density at radius 2 is 2.29 bits per heavy atom. The van der Waals surface area contributed by atoms with Crippen LogP contribution in [0.3, 0.4) is 0 Å². The number of hydrogen-bond donors (Lipinski definition) is 0. The highest BCUT2D eigenvalue weighted by Gasteiger charge is 2.55. The number of aryl methyl sites for hydroxylation is 2. The average molecular weight is 289 g/mol. The number of nitrogens with zero attached hydrogens (tertiary/aromatic N) is 3. The Morgan fingerprint density at radius 3 is 3.00 bits per heavy atom. The lowest BCUT2D eigenvalue weighted by Gasteiger charge is -2.22. The van der Waals surface area contributed by atoms with E-state index in [2.05, 4.69) is 15.0 Å². The van der Waals surface area contributed by atoms with Crippen molar-refractivity contribution in [3.63, 3.8) is 0 Å². The molecule has 0 bridgehead atoms. The summed E-state index contributed by atoms with van der Waals surface area (Å²) in [5, 5.41) is 3.95. The molecule has 112 valence electrons. The van der Waals surface area contributed by atoms with Crippen molar-refractivity contribution in [2.24, 2.45) is 5.92 Å². The molecule has 2 saturated heterocycles. The number of rotatable bonds is 3. The zero-order valence-electron chi connectivity index (χ0n) is 12.3. The Kier molecular flexibility index (Phi) is 2.90. The second-order valence-corrected chi connectivity index (χ2v) is 6.20. The van der Waals surface area contributed by atoms with Crippen LogP contribution in [0.5, 0.6) is 0 Å². The van der Waals surface area contributed by atoms with Gasteiger partial charge in [0.15, 0.2) is 5.82 Å². The summed E-state index contributed by atoms with van der Waals surface area (Å²) >= 11 is 0. The van der Waals surface area contributed by atoms with Gasteiger partial charge in [0.05, 0.1) is 25.2 Å². The maximum absolute atomic E-state index is 5.70. The van der Waals surface area contributed by atoms with Gasteiger partial charge in [0.25, 0.3) is 0 Å². The zero-order chi connectivity index (χ0) is 14.4. The molecule has 2 fully saturated rings. The van der Waals surface area contributed by atoms with E-state index in [-0.39, 0.29) is 5.41 Å². The normalized spacial score (nSPS) is 29.1. The van der Waals surface area contributed by atoms with Gasteiger partial charge in [-0.1, -0.05) is 5.16 Å². The van der Waals surface area contributed by atoms with Crippen LogP contribution in [0.2, 0.25) is 0 Å². The van der Waals surface area contributed by atoms with Gasteiger partial charge in [-0.15, -0.1) is 0 Å². The third-order valence-corrected chi connectivity index (χ3v) is 4.57. The van der Waals surface area contributed by atoms with E-state index in [4.69, 9.17) is 13.7 Å². The molecule has 6 nitrogen and oxygen atoms in total. The van der Waals surface area contributed by atoms with Crippen LogP contribution in [0.25, 0.3) is 0 Å². The fourth-order valence-corrected chi connectivity index (χ4v) is 3.55. The maximum Gasteiger partial charge on any atom is 0.236 e. The lowest BCUT2D eigenvalue weighted by molar-refractivity contribution is 0.135. The molecule has 6 heteroatoms. The number of ether oxygens (including phenoxy) is 1. The van der Waals surface area contributed by atoms with E-state index in [1.165, 1.54) is 0 Å². The second-order valence-electron chi connectivity index (χ2n) is 6.20. The highest BCUT2D eigenvalue weighted by atomic mass is 16.5. The molecule has 4 rings (SSSR count). The minimum atomic E-state index is -0.150. The molecule has 0 unspecified atom stereocenters. The maximum atomic E-state index is 5.70. The van der Waals surface area contributed by atoms with Crippen molar-refractivity contribution in [1.82, 2.24) is 15.0 Å². The molecule has 0 amide bonds. The lowest BCUT2D eigenvalue weighted by Crippen LogP contribution is -2.35. The van der Waals surface area contributed by atoms with E-state index in [1.54, 1.807) is 0 Å². The van der Waals surface area contributed by atoms with Crippen LogP contribution in [0.15, 0.2) is 21.1 Å². The Bertz CT molecular complexity index is 650. The van der Waals surface area contributed by atoms with Gasteiger partial charge < -0.3 is 13.7 Å². The van der Waals surface area contributed by atoms with Gasteiger partial charge in [-0.05, 0) is 26.0 Å². The van der Waals surface area contributed by atoms with E-state index >= 15 is 0 Å². The number of hydrogen-bond acceptors (Lipinski definition) is 6. The molecule has 0 spiro atoms. The molecule has 0 saturated carbocycles. The molecule has 2 atom stereocenters. The van der Waals surface area contributed by atoms with Crippen LogP contribution >= 0.6 is 0 Å². The number of likely N-dealkylation sites (tertiary alicyclic amines) is 1. The average Bonchev–Trinajstić information content (AvgIpc) is 3.14. The Hall–Kier alpha value is -1.66. The summed E-state index contributed by atoms with van der Waals surface area (Å²) in [6.07, 6.45) is 0. The van der Waals surface area contributed by atoms with Crippen LogP contribution in [0.4, 0.5) is 0 Å². The summed E-state index contributed by atoms with van der Waals surface area (Å²) in [6, 6.07) is 4.05. The smallest absolute Gasteiger partial charge is 0.236 e. The van der Waals surface area contributed by atoms with Crippen molar-refractivity contribution in [3.05, 3.63) is 35.4 Å². The summed E-state index contributed by atoms with van der Waals surface area (Å²) in [6.45, 7) is 7.91. The molecule has 0 radical (unpaired) electrons. The van der Waals surface area contributed by atoms with Gasteiger partial charge in [0.1, 0.15) is 11.5 Å². The molecule has 21 heavy (non-hydrogen) atoms. The van der Waals surface area contributed by atoms with E-state index in [0.29, 0.717) is 18.3 Å². The molecule has 0 aromatic carbocycles. The molecule has 0 aliphatic carbocycles. The topological polar surface area (TPSA) is 64.5 Å².